The van der Waals surface area contributed by atoms with Crippen LogP contribution < -0.4 is 10.2 Å². The molecule has 7 heteroatoms. The third-order valence-corrected chi connectivity index (χ3v) is 4.87. The predicted octanol–water partition coefficient (Wildman–Crippen LogP) is 2.00. The molecule has 1 saturated heterocycles. The van der Waals surface area contributed by atoms with Gasteiger partial charge in [-0.1, -0.05) is 0 Å². The zero-order valence-corrected chi connectivity index (χ0v) is 14.2. The number of pyridine rings is 1. The van der Waals surface area contributed by atoms with Gasteiger partial charge in [0.15, 0.2) is 5.13 Å². The van der Waals surface area contributed by atoms with E-state index in [2.05, 4.69) is 37.4 Å². The Morgan fingerprint density at radius 1 is 1.48 bits per heavy atom. The summed E-state index contributed by atoms with van der Waals surface area (Å²) < 4.78 is 0. The molecular formula is C16H21N5OS. The number of nitrogens with one attached hydrogen (secondary N) is 1. The van der Waals surface area contributed by atoms with Gasteiger partial charge in [0.1, 0.15) is 0 Å². The maximum Gasteiger partial charge on any atom is 0.238 e. The van der Waals surface area contributed by atoms with Gasteiger partial charge in [-0.3, -0.25) is 14.7 Å². The topological polar surface area (TPSA) is 61.4 Å². The second-order valence-electron chi connectivity index (χ2n) is 5.84. The standard InChI is InChI=1S/C16H21N5OS/c1-12-11-23-16(18-12)21-7-6-20(9-13(21)2)10-15(22)19-14-4-3-5-17-8-14/h3-5,8,11,13H,6-7,9-10H2,1-2H3,(H,19,22)/t13-/m1/s1. The Morgan fingerprint density at radius 3 is 3.00 bits per heavy atom. The fraction of sp³-hybridized carbons (Fsp3) is 0.438. The normalized spacial score (nSPS) is 18.9. The van der Waals surface area contributed by atoms with Gasteiger partial charge in [-0.2, -0.15) is 0 Å². The highest BCUT2D eigenvalue weighted by molar-refractivity contribution is 7.13. The number of hydrogen-bond donors (Lipinski definition) is 1. The molecule has 0 aliphatic carbocycles. The second kappa shape index (κ2) is 7.06. The lowest BCUT2D eigenvalue weighted by atomic mass is 10.2. The van der Waals surface area contributed by atoms with E-state index >= 15 is 0 Å². The van der Waals surface area contributed by atoms with Crippen LogP contribution in [0.15, 0.2) is 29.9 Å². The lowest BCUT2D eigenvalue weighted by Gasteiger charge is -2.39. The van der Waals surface area contributed by atoms with Crippen molar-refractivity contribution in [3.05, 3.63) is 35.6 Å². The molecule has 3 rings (SSSR count). The average Bonchev–Trinajstić information content (AvgIpc) is 2.94. The summed E-state index contributed by atoms with van der Waals surface area (Å²) in [6, 6.07) is 4.00. The van der Waals surface area contributed by atoms with Gasteiger partial charge in [0.2, 0.25) is 5.91 Å². The fourth-order valence-corrected chi connectivity index (χ4v) is 3.71. The number of amides is 1. The molecule has 122 valence electrons. The molecule has 0 unspecified atom stereocenters. The van der Waals surface area contributed by atoms with E-state index in [1.807, 2.05) is 19.1 Å². The summed E-state index contributed by atoms with van der Waals surface area (Å²) in [4.78, 5) is 25.2. The summed E-state index contributed by atoms with van der Waals surface area (Å²) in [5.41, 5.74) is 1.80. The van der Waals surface area contributed by atoms with Crippen LogP contribution in [0.5, 0.6) is 0 Å². The highest BCUT2D eigenvalue weighted by atomic mass is 32.1. The lowest BCUT2D eigenvalue weighted by Crippen LogP contribution is -2.53. The van der Waals surface area contributed by atoms with Crippen molar-refractivity contribution in [3.8, 4) is 0 Å². The molecule has 6 nitrogen and oxygen atoms in total. The molecule has 23 heavy (non-hydrogen) atoms. The molecule has 0 radical (unpaired) electrons. The maximum absolute atomic E-state index is 12.1. The molecule has 0 saturated carbocycles. The summed E-state index contributed by atoms with van der Waals surface area (Å²) >= 11 is 1.69. The van der Waals surface area contributed by atoms with E-state index < -0.39 is 0 Å². The van der Waals surface area contributed by atoms with E-state index in [1.54, 1.807) is 23.7 Å². The molecule has 1 N–H and O–H groups in total. The first kappa shape index (κ1) is 15.9. The zero-order valence-electron chi connectivity index (χ0n) is 13.4. The molecule has 2 aromatic rings. The van der Waals surface area contributed by atoms with E-state index in [1.165, 1.54) is 0 Å². The quantitative estimate of drug-likeness (QED) is 0.928. The van der Waals surface area contributed by atoms with Crippen LogP contribution in [0.1, 0.15) is 12.6 Å². The summed E-state index contributed by atoms with van der Waals surface area (Å²) in [6.45, 7) is 7.23. The first-order chi connectivity index (χ1) is 11.1. The van der Waals surface area contributed by atoms with Crippen LogP contribution in [0.3, 0.4) is 0 Å². The number of aromatic nitrogens is 2. The van der Waals surface area contributed by atoms with Gasteiger partial charge in [-0.05, 0) is 26.0 Å². The smallest absolute Gasteiger partial charge is 0.238 e. The summed E-state index contributed by atoms with van der Waals surface area (Å²) in [5.74, 6) is 0.00347. The molecule has 1 atom stereocenters. The average molecular weight is 331 g/mol. The van der Waals surface area contributed by atoms with Crippen molar-refractivity contribution in [1.82, 2.24) is 14.9 Å². The van der Waals surface area contributed by atoms with E-state index in [0.29, 0.717) is 12.6 Å². The summed E-state index contributed by atoms with van der Waals surface area (Å²) in [6.07, 6.45) is 3.35. The number of anilines is 2. The highest BCUT2D eigenvalue weighted by Crippen LogP contribution is 2.24. The molecular weight excluding hydrogens is 310 g/mol. The first-order valence-electron chi connectivity index (χ1n) is 7.73. The third kappa shape index (κ3) is 4.05. The molecule has 1 amide bonds. The van der Waals surface area contributed by atoms with E-state index in [9.17, 15) is 4.79 Å². The predicted molar refractivity (Wildman–Crippen MR) is 93.0 cm³/mol. The maximum atomic E-state index is 12.1. The highest BCUT2D eigenvalue weighted by Gasteiger charge is 2.26. The van der Waals surface area contributed by atoms with Crippen molar-refractivity contribution < 1.29 is 4.79 Å². The fourth-order valence-electron chi connectivity index (χ4n) is 2.77. The minimum Gasteiger partial charge on any atom is -0.343 e. The van der Waals surface area contributed by atoms with Crippen LogP contribution in [0, 0.1) is 6.92 Å². The second-order valence-corrected chi connectivity index (χ2v) is 6.68. The summed E-state index contributed by atoms with van der Waals surface area (Å²) in [7, 11) is 0. The Kier molecular flexibility index (Phi) is 4.88. The molecule has 0 aromatic carbocycles. The molecule has 0 spiro atoms. The molecule has 2 aromatic heterocycles. The van der Waals surface area contributed by atoms with Crippen LogP contribution >= 0.6 is 11.3 Å². The number of thiazole rings is 1. The van der Waals surface area contributed by atoms with Gasteiger partial charge in [0, 0.05) is 37.3 Å². The minimum absolute atomic E-state index is 0.00347. The van der Waals surface area contributed by atoms with Crippen molar-refractivity contribution in [3.63, 3.8) is 0 Å². The summed E-state index contributed by atoms with van der Waals surface area (Å²) in [5, 5.41) is 6.04. The third-order valence-electron chi connectivity index (χ3n) is 3.88. The van der Waals surface area contributed by atoms with E-state index in [4.69, 9.17) is 0 Å². The lowest BCUT2D eigenvalue weighted by molar-refractivity contribution is -0.117. The van der Waals surface area contributed by atoms with Gasteiger partial charge < -0.3 is 10.2 Å². The Hall–Kier alpha value is -1.99. The van der Waals surface area contributed by atoms with Gasteiger partial charge >= 0.3 is 0 Å². The number of carbonyl (C=O) groups excluding carboxylic acids is 1. The van der Waals surface area contributed by atoms with Crippen molar-refractivity contribution in [2.45, 2.75) is 19.9 Å². The largest absolute Gasteiger partial charge is 0.343 e. The SMILES string of the molecule is Cc1csc(N2CCN(CC(=O)Nc3cccnc3)C[C@H]2C)n1. The Balaban J connectivity index is 1.52. The van der Waals surface area contributed by atoms with E-state index in [0.717, 1.165) is 36.1 Å². The van der Waals surface area contributed by atoms with Gasteiger partial charge in [-0.25, -0.2) is 4.98 Å². The number of piperazine rings is 1. The van der Waals surface area contributed by atoms with Gasteiger partial charge in [0.25, 0.3) is 0 Å². The van der Waals surface area contributed by atoms with Gasteiger partial charge in [-0.15, -0.1) is 11.3 Å². The zero-order chi connectivity index (χ0) is 16.2. The minimum atomic E-state index is 0.00347. The number of carbonyl (C=O) groups is 1. The Morgan fingerprint density at radius 2 is 2.35 bits per heavy atom. The Labute approximate surface area is 140 Å². The molecule has 0 bridgehead atoms. The Bertz CT molecular complexity index is 660. The van der Waals surface area contributed by atoms with Crippen LogP contribution in [-0.2, 0) is 4.79 Å². The van der Waals surface area contributed by atoms with Crippen LogP contribution in [-0.4, -0.2) is 53.0 Å². The van der Waals surface area contributed by atoms with Crippen molar-refractivity contribution >= 4 is 28.1 Å². The molecule has 1 aliphatic rings. The van der Waals surface area contributed by atoms with Crippen LogP contribution in [0.4, 0.5) is 10.8 Å². The van der Waals surface area contributed by atoms with Crippen molar-refractivity contribution in [2.24, 2.45) is 0 Å². The monoisotopic (exact) mass is 331 g/mol. The molecule has 1 aliphatic heterocycles. The van der Waals surface area contributed by atoms with Gasteiger partial charge in [0.05, 0.1) is 24.1 Å². The first-order valence-corrected chi connectivity index (χ1v) is 8.61. The number of hydrogen-bond acceptors (Lipinski definition) is 6. The number of nitrogens with zero attached hydrogens (tertiary/aromatic N) is 4. The van der Waals surface area contributed by atoms with Crippen LogP contribution in [0.2, 0.25) is 0 Å². The number of rotatable bonds is 4. The van der Waals surface area contributed by atoms with E-state index in [-0.39, 0.29) is 5.91 Å². The van der Waals surface area contributed by atoms with Crippen molar-refractivity contribution in [2.75, 3.05) is 36.4 Å². The number of aryl methyl sites for hydroxylation is 1. The van der Waals surface area contributed by atoms with Crippen molar-refractivity contribution in [1.29, 1.82) is 0 Å². The molecule has 3 heterocycles. The molecule has 1 fully saturated rings. The van der Waals surface area contributed by atoms with Crippen LogP contribution in [0.25, 0.3) is 0 Å².